The van der Waals surface area contributed by atoms with Gasteiger partial charge in [0.2, 0.25) is 5.79 Å². The number of rotatable bonds is 4. The van der Waals surface area contributed by atoms with Crippen LogP contribution in [-0.2, 0) is 19.0 Å². The number of carbonyl (C=O) groups is 2. The average molecular weight is 292 g/mol. The number of carbonyl (C=O) groups excluding carboxylic acids is 2. The van der Waals surface area contributed by atoms with Gasteiger partial charge in [0, 0.05) is 20.8 Å². The van der Waals surface area contributed by atoms with E-state index in [4.69, 9.17) is 18.9 Å². The Labute approximate surface area is 122 Å². The molecule has 1 aromatic carbocycles. The van der Waals surface area contributed by atoms with E-state index >= 15 is 0 Å². The lowest BCUT2D eigenvalue weighted by molar-refractivity contribution is -0.131. The highest BCUT2D eigenvalue weighted by Gasteiger charge is 2.28. The van der Waals surface area contributed by atoms with Crippen molar-refractivity contribution in [2.75, 3.05) is 6.61 Å². The van der Waals surface area contributed by atoms with Crippen LogP contribution in [0.1, 0.15) is 31.1 Å². The van der Waals surface area contributed by atoms with Gasteiger partial charge in [-0.1, -0.05) is 0 Å². The molecule has 21 heavy (non-hydrogen) atoms. The Balaban J connectivity index is 1.87. The summed E-state index contributed by atoms with van der Waals surface area (Å²) < 4.78 is 20.6. The minimum atomic E-state index is -0.729. The van der Waals surface area contributed by atoms with E-state index in [1.54, 1.807) is 13.8 Å². The highest BCUT2D eigenvalue weighted by atomic mass is 16.7. The van der Waals surface area contributed by atoms with Gasteiger partial charge in [-0.15, -0.1) is 0 Å². The Morgan fingerprint density at radius 2 is 1.86 bits per heavy atom. The zero-order chi connectivity index (χ0) is 15.5. The van der Waals surface area contributed by atoms with Gasteiger partial charge in [0.1, 0.15) is 12.0 Å². The van der Waals surface area contributed by atoms with Crippen LogP contribution >= 0.6 is 0 Å². The molecule has 1 aromatic rings. The summed E-state index contributed by atoms with van der Waals surface area (Å²) in [5.41, 5.74) is 0.352. The van der Waals surface area contributed by atoms with Gasteiger partial charge in [-0.05, 0) is 24.3 Å². The van der Waals surface area contributed by atoms with Crippen LogP contribution in [0.3, 0.4) is 0 Å². The summed E-state index contributed by atoms with van der Waals surface area (Å²) in [6.07, 6.45) is 1.43. The molecule has 0 saturated heterocycles. The van der Waals surface area contributed by atoms with Crippen LogP contribution in [-0.4, -0.2) is 24.3 Å². The Bertz CT molecular complexity index is 570. The summed E-state index contributed by atoms with van der Waals surface area (Å²) in [6.45, 7) is 4.81. The molecule has 0 aromatic heterocycles. The summed E-state index contributed by atoms with van der Waals surface area (Å²) in [6, 6.07) is 6.08. The molecule has 1 heterocycles. The minimum absolute atomic E-state index is 0.00599. The summed E-state index contributed by atoms with van der Waals surface area (Å²) >= 11 is 0. The molecular weight excluding hydrogens is 276 g/mol. The van der Waals surface area contributed by atoms with Crippen LogP contribution in [0.2, 0.25) is 0 Å². The normalized spacial score (nSPS) is 15.5. The fraction of sp³-hybridized carbons (Fsp3) is 0.333. The zero-order valence-electron chi connectivity index (χ0n) is 12.0. The summed E-state index contributed by atoms with van der Waals surface area (Å²) in [4.78, 5) is 22.6. The van der Waals surface area contributed by atoms with Crippen molar-refractivity contribution >= 4 is 11.9 Å². The molecule has 0 radical (unpaired) electrons. The molecular formula is C15H16O6. The predicted octanol–water partition coefficient (Wildman–Crippen LogP) is 2.39. The van der Waals surface area contributed by atoms with E-state index < -0.39 is 17.7 Å². The smallest absolute Gasteiger partial charge is 0.338 e. The van der Waals surface area contributed by atoms with Crippen LogP contribution in [0.15, 0.2) is 36.3 Å². The third-order valence-electron chi connectivity index (χ3n) is 2.55. The highest BCUT2D eigenvalue weighted by molar-refractivity contribution is 5.89. The van der Waals surface area contributed by atoms with Crippen molar-refractivity contribution in [3.05, 3.63) is 41.9 Å². The molecule has 2 rings (SSSR count). The Morgan fingerprint density at radius 3 is 2.38 bits per heavy atom. The van der Waals surface area contributed by atoms with Gasteiger partial charge in [-0.2, -0.15) is 0 Å². The van der Waals surface area contributed by atoms with Crippen molar-refractivity contribution < 1.29 is 28.5 Å². The molecule has 0 amide bonds. The van der Waals surface area contributed by atoms with E-state index in [9.17, 15) is 9.59 Å². The monoisotopic (exact) mass is 292 g/mol. The van der Waals surface area contributed by atoms with E-state index in [2.05, 4.69) is 0 Å². The molecule has 6 nitrogen and oxygen atoms in total. The van der Waals surface area contributed by atoms with Gasteiger partial charge >= 0.3 is 11.9 Å². The first-order chi connectivity index (χ1) is 9.85. The quantitative estimate of drug-likeness (QED) is 0.627. The van der Waals surface area contributed by atoms with E-state index in [0.29, 0.717) is 17.1 Å². The van der Waals surface area contributed by atoms with Crippen LogP contribution in [0.25, 0.3) is 0 Å². The molecule has 1 aliphatic rings. The second-order valence-corrected chi connectivity index (χ2v) is 4.90. The van der Waals surface area contributed by atoms with E-state index in [-0.39, 0.29) is 6.61 Å². The second-order valence-electron chi connectivity index (χ2n) is 4.90. The lowest BCUT2D eigenvalue weighted by Gasteiger charge is -2.18. The number of benzene rings is 1. The molecule has 0 N–H and O–H groups in total. The van der Waals surface area contributed by atoms with Gasteiger partial charge in [0.25, 0.3) is 0 Å². The Kier molecular flexibility index (Phi) is 4.16. The molecule has 0 fully saturated rings. The number of hydrogen-bond acceptors (Lipinski definition) is 6. The van der Waals surface area contributed by atoms with Gasteiger partial charge in [-0.25, -0.2) is 4.79 Å². The van der Waals surface area contributed by atoms with Crippen molar-refractivity contribution in [3.63, 3.8) is 0 Å². The Hall–Kier alpha value is -2.50. The highest BCUT2D eigenvalue weighted by Crippen LogP contribution is 2.24. The molecule has 0 bridgehead atoms. The van der Waals surface area contributed by atoms with Crippen LogP contribution in [0, 0.1) is 0 Å². The van der Waals surface area contributed by atoms with Crippen LogP contribution in [0.4, 0.5) is 0 Å². The molecule has 0 saturated carbocycles. The first kappa shape index (κ1) is 14.9. The van der Waals surface area contributed by atoms with Crippen molar-refractivity contribution in [3.8, 4) is 5.75 Å². The van der Waals surface area contributed by atoms with Crippen molar-refractivity contribution in [1.82, 2.24) is 0 Å². The summed E-state index contributed by atoms with van der Waals surface area (Å²) in [5.74, 6) is -0.828. The van der Waals surface area contributed by atoms with Crippen LogP contribution in [0.5, 0.6) is 5.75 Å². The molecule has 112 valence electrons. The molecule has 0 aliphatic carbocycles. The van der Waals surface area contributed by atoms with Gasteiger partial charge in [0.05, 0.1) is 5.56 Å². The number of hydrogen-bond donors (Lipinski definition) is 0. The molecule has 0 spiro atoms. The molecule has 0 unspecified atom stereocenters. The van der Waals surface area contributed by atoms with Crippen molar-refractivity contribution in [1.29, 1.82) is 0 Å². The maximum absolute atomic E-state index is 11.8. The van der Waals surface area contributed by atoms with Crippen molar-refractivity contribution in [2.24, 2.45) is 0 Å². The summed E-state index contributed by atoms with van der Waals surface area (Å²) in [5, 5.41) is 0. The Morgan fingerprint density at radius 1 is 1.19 bits per heavy atom. The fourth-order valence-electron chi connectivity index (χ4n) is 1.68. The van der Waals surface area contributed by atoms with E-state index in [0.717, 1.165) is 0 Å². The fourth-order valence-corrected chi connectivity index (χ4v) is 1.68. The van der Waals surface area contributed by atoms with E-state index in [1.165, 1.54) is 37.5 Å². The predicted molar refractivity (Wildman–Crippen MR) is 72.4 cm³/mol. The third-order valence-corrected chi connectivity index (χ3v) is 2.55. The first-order valence-electron chi connectivity index (χ1n) is 6.37. The van der Waals surface area contributed by atoms with Gasteiger partial charge in [0.15, 0.2) is 12.4 Å². The number of esters is 2. The molecule has 0 atom stereocenters. The topological polar surface area (TPSA) is 71.1 Å². The van der Waals surface area contributed by atoms with Crippen molar-refractivity contribution in [2.45, 2.75) is 26.6 Å². The largest absolute Gasteiger partial charge is 0.457 e. The SMILES string of the molecule is CC(=O)Oc1ccc(C(=O)OCC2=COC(C)(C)O2)cc1. The molecule has 6 heteroatoms. The average Bonchev–Trinajstić information content (AvgIpc) is 2.76. The van der Waals surface area contributed by atoms with Gasteiger partial charge in [-0.3, -0.25) is 4.79 Å². The second kappa shape index (κ2) is 5.87. The maximum Gasteiger partial charge on any atom is 0.338 e. The summed E-state index contributed by atoms with van der Waals surface area (Å²) in [7, 11) is 0. The third kappa shape index (κ3) is 4.24. The lowest BCUT2D eigenvalue weighted by atomic mass is 10.2. The van der Waals surface area contributed by atoms with E-state index in [1.807, 2.05) is 0 Å². The van der Waals surface area contributed by atoms with Gasteiger partial charge < -0.3 is 18.9 Å². The number of ether oxygens (including phenoxy) is 4. The molecule has 1 aliphatic heterocycles. The lowest BCUT2D eigenvalue weighted by Crippen LogP contribution is -2.21. The minimum Gasteiger partial charge on any atom is -0.457 e. The first-order valence-corrected chi connectivity index (χ1v) is 6.37. The maximum atomic E-state index is 11.8. The zero-order valence-corrected chi connectivity index (χ0v) is 12.0. The van der Waals surface area contributed by atoms with Crippen LogP contribution < -0.4 is 4.74 Å². The standard InChI is InChI=1S/C15H16O6/c1-10(16)20-12-6-4-11(5-7-12)14(17)18-8-13-9-19-15(2,3)21-13/h4-7,9H,8H2,1-3H3.